The molecule has 2 heterocycles. The summed E-state index contributed by atoms with van der Waals surface area (Å²) in [6.45, 7) is 0. The standard InChI is InChI=1S/C21H15F3N2O4/c22-21(23,24)30-14-5-3-11(4-6-14)16-8-7-15(29-16)10-25-26-19(27)17-12-1-2-13(9-12)18(17)20(26)28/h1-8,10,12-13,17-18H,9H2. The monoisotopic (exact) mass is 416 g/mol. The maximum Gasteiger partial charge on any atom is 0.573 e. The summed E-state index contributed by atoms with van der Waals surface area (Å²) in [4.78, 5) is 25.2. The molecule has 1 aromatic carbocycles. The molecule has 154 valence electrons. The Balaban J connectivity index is 1.29. The fourth-order valence-electron chi connectivity index (χ4n) is 4.51. The molecule has 2 aromatic rings. The molecule has 30 heavy (non-hydrogen) atoms. The lowest BCUT2D eigenvalue weighted by Gasteiger charge is -2.13. The molecule has 4 unspecified atom stereocenters. The van der Waals surface area contributed by atoms with Crippen molar-refractivity contribution in [2.75, 3.05) is 0 Å². The van der Waals surface area contributed by atoms with Gasteiger partial charge in [-0.15, -0.1) is 13.2 Å². The van der Waals surface area contributed by atoms with E-state index in [-0.39, 0.29) is 41.2 Å². The number of rotatable bonds is 4. The number of nitrogens with zero attached hydrogens (tertiary/aromatic N) is 2. The van der Waals surface area contributed by atoms with Crippen LogP contribution in [-0.4, -0.2) is 29.4 Å². The van der Waals surface area contributed by atoms with Crippen LogP contribution in [0, 0.1) is 23.7 Å². The van der Waals surface area contributed by atoms with E-state index in [0.29, 0.717) is 17.1 Å². The van der Waals surface area contributed by atoms with Crippen LogP contribution >= 0.6 is 0 Å². The molecule has 0 spiro atoms. The number of hydrogen-bond acceptors (Lipinski definition) is 5. The zero-order valence-electron chi connectivity index (χ0n) is 15.4. The Kier molecular flexibility index (Phi) is 4.09. The summed E-state index contributed by atoms with van der Waals surface area (Å²) in [7, 11) is 0. The summed E-state index contributed by atoms with van der Waals surface area (Å²) in [6.07, 6.45) is 1.39. The molecule has 3 aliphatic rings. The zero-order chi connectivity index (χ0) is 21.0. The second-order valence-corrected chi connectivity index (χ2v) is 7.51. The zero-order valence-corrected chi connectivity index (χ0v) is 15.4. The van der Waals surface area contributed by atoms with Gasteiger partial charge in [0.2, 0.25) is 0 Å². The Morgan fingerprint density at radius 2 is 1.63 bits per heavy atom. The van der Waals surface area contributed by atoms with Gasteiger partial charge in [-0.2, -0.15) is 10.1 Å². The van der Waals surface area contributed by atoms with Gasteiger partial charge in [0.05, 0.1) is 18.1 Å². The molecular formula is C21H15F3N2O4. The van der Waals surface area contributed by atoms with Gasteiger partial charge in [0, 0.05) is 5.56 Å². The van der Waals surface area contributed by atoms with Crippen molar-refractivity contribution in [3.8, 4) is 17.1 Å². The molecular weight excluding hydrogens is 401 g/mol. The summed E-state index contributed by atoms with van der Waals surface area (Å²) in [5.41, 5.74) is 0.537. The molecule has 2 fully saturated rings. The van der Waals surface area contributed by atoms with Crippen LogP contribution in [0.15, 0.2) is 58.1 Å². The van der Waals surface area contributed by atoms with Crippen LogP contribution in [0.1, 0.15) is 12.2 Å². The summed E-state index contributed by atoms with van der Waals surface area (Å²) < 4.78 is 46.2. The lowest BCUT2D eigenvalue weighted by molar-refractivity contribution is -0.274. The highest BCUT2D eigenvalue weighted by atomic mass is 19.4. The van der Waals surface area contributed by atoms with Gasteiger partial charge in [0.1, 0.15) is 17.3 Å². The molecule has 1 saturated carbocycles. The predicted octanol–water partition coefficient (Wildman–Crippen LogP) is 3.99. The van der Waals surface area contributed by atoms with Gasteiger partial charge in [-0.1, -0.05) is 12.2 Å². The van der Waals surface area contributed by atoms with Crippen molar-refractivity contribution in [2.45, 2.75) is 12.8 Å². The average molecular weight is 416 g/mol. The molecule has 6 nitrogen and oxygen atoms in total. The highest BCUT2D eigenvalue weighted by Crippen LogP contribution is 2.52. The number of carbonyl (C=O) groups is 2. The largest absolute Gasteiger partial charge is 0.573 e. The van der Waals surface area contributed by atoms with Crippen molar-refractivity contribution < 1.29 is 31.9 Å². The number of fused-ring (bicyclic) bond motifs is 5. The van der Waals surface area contributed by atoms with Gasteiger partial charge in [-0.05, 0) is 54.7 Å². The molecule has 2 amide bonds. The van der Waals surface area contributed by atoms with Crippen LogP contribution in [0.3, 0.4) is 0 Å². The second-order valence-electron chi connectivity index (χ2n) is 7.51. The van der Waals surface area contributed by atoms with Crippen molar-refractivity contribution in [3.05, 3.63) is 54.3 Å². The van der Waals surface area contributed by atoms with E-state index in [0.717, 1.165) is 11.4 Å². The van der Waals surface area contributed by atoms with Gasteiger partial charge in [0.25, 0.3) is 11.8 Å². The minimum atomic E-state index is -4.76. The van der Waals surface area contributed by atoms with Crippen molar-refractivity contribution in [2.24, 2.45) is 28.8 Å². The van der Waals surface area contributed by atoms with Gasteiger partial charge in [-0.25, -0.2) is 0 Å². The highest BCUT2D eigenvalue weighted by Gasteiger charge is 2.59. The molecule has 2 bridgehead atoms. The van der Waals surface area contributed by atoms with E-state index < -0.39 is 6.36 Å². The predicted molar refractivity (Wildman–Crippen MR) is 98.0 cm³/mol. The van der Waals surface area contributed by atoms with Gasteiger partial charge < -0.3 is 9.15 Å². The van der Waals surface area contributed by atoms with E-state index >= 15 is 0 Å². The molecule has 1 aromatic heterocycles. The highest BCUT2D eigenvalue weighted by molar-refractivity contribution is 6.06. The van der Waals surface area contributed by atoms with Crippen LogP contribution in [0.4, 0.5) is 13.2 Å². The van der Waals surface area contributed by atoms with Crippen LogP contribution < -0.4 is 4.74 Å². The third-order valence-electron chi connectivity index (χ3n) is 5.75. The van der Waals surface area contributed by atoms with E-state index in [2.05, 4.69) is 9.84 Å². The molecule has 1 saturated heterocycles. The first kappa shape index (κ1) is 18.7. The molecule has 5 rings (SSSR count). The first-order valence-electron chi connectivity index (χ1n) is 9.36. The molecule has 9 heteroatoms. The summed E-state index contributed by atoms with van der Waals surface area (Å²) in [5.74, 6) is -0.640. The number of furan rings is 1. The van der Waals surface area contributed by atoms with Crippen LogP contribution in [0.25, 0.3) is 11.3 Å². The number of hydrazone groups is 1. The number of alkyl halides is 3. The quantitative estimate of drug-likeness (QED) is 0.429. The average Bonchev–Trinajstić information content (AvgIpc) is 3.45. The maximum absolute atomic E-state index is 12.6. The smallest absolute Gasteiger partial charge is 0.455 e. The Hall–Kier alpha value is -3.36. The molecule has 4 atom stereocenters. The van der Waals surface area contributed by atoms with Gasteiger partial charge >= 0.3 is 6.36 Å². The molecule has 0 radical (unpaired) electrons. The third-order valence-corrected chi connectivity index (χ3v) is 5.75. The normalized spacial score (nSPS) is 27.5. The van der Waals surface area contributed by atoms with E-state index in [1.54, 1.807) is 12.1 Å². The fraction of sp³-hybridized carbons (Fsp3) is 0.286. The van der Waals surface area contributed by atoms with Crippen molar-refractivity contribution in [1.29, 1.82) is 0 Å². The minimum Gasteiger partial charge on any atom is -0.455 e. The fourth-order valence-corrected chi connectivity index (χ4v) is 4.51. The molecule has 0 N–H and O–H groups in total. The summed E-state index contributed by atoms with van der Waals surface area (Å²) in [5, 5.41) is 4.96. The van der Waals surface area contributed by atoms with Crippen molar-refractivity contribution in [1.82, 2.24) is 5.01 Å². The topological polar surface area (TPSA) is 72.1 Å². The van der Waals surface area contributed by atoms with E-state index in [1.807, 2.05) is 12.2 Å². The molecule has 2 aliphatic carbocycles. The van der Waals surface area contributed by atoms with Crippen LogP contribution in [-0.2, 0) is 9.59 Å². The van der Waals surface area contributed by atoms with Crippen LogP contribution in [0.5, 0.6) is 5.75 Å². The number of benzene rings is 1. The van der Waals surface area contributed by atoms with Crippen LogP contribution in [0.2, 0.25) is 0 Å². The lowest BCUT2D eigenvalue weighted by atomic mass is 9.85. The second kappa shape index (κ2) is 6.58. The number of amides is 2. The van der Waals surface area contributed by atoms with Gasteiger partial charge in [0.15, 0.2) is 0 Å². The number of hydrogen-bond donors (Lipinski definition) is 0. The Labute approximate surface area is 168 Å². The Bertz CT molecular complexity index is 1040. The Morgan fingerprint density at radius 3 is 2.23 bits per heavy atom. The molecule has 1 aliphatic heterocycles. The van der Waals surface area contributed by atoms with E-state index in [4.69, 9.17) is 4.42 Å². The first-order valence-corrected chi connectivity index (χ1v) is 9.36. The summed E-state index contributed by atoms with van der Waals surface area (Å²) >= 11 is 0. The number of allylic oxidation sites excluding steroid dienone is 2. The van der Waals surface area contributed by atoms with E-state index in [9.17, 15) is 22.8 Å². The van der Waals surface area contributed by atoms with E-state index in [1.165, 1.54) is 30.5 Å². The maximum atomic E-state index is 12.6. The van der Waals surface area contributed by atoms with Crippen molar-refractivity contribution in [3.63, 3.8) is 0 Å². The summed E-state index contributed by atoms with van der Waals surface area (Å²) in [6, 6.07) is 8.43. The SMILES string of the molecule is O=C1C2C3C=CC(C3)C2C(=O)N1N=Cc1ccc(-c2ccc(OC(F)(F)F)cc2)o1. The van der Waals surface area contributed by atoms with Crippen molar-refractivity contribution >= 4 is 18.0 Å². The Morgan fingerprint density at radius 1 is 1.00 bits per heavy atom. The number of halogens is 3. The number of carbonyl (C=O) groups excluding carboxylic acids is 2. The third kappa shape index (κ3) is 3.10. The number of ether oxygens (including phenoxy) is 1. The lowest BCUT2D eigenvalue weighted by Crippen LogP contribution is -2.28. The number of imide groups is 1. The first-order chi connectivity index (χ1) is 14.3. The minimum absolute atomic E-state index is 0.108. The van der Waals surface area contributed by atoms with Gasteiger partial charge in [-0.3, -0.25) is 9.59 Å².